The van der Waals surface area contributed by atoms with Gasteiger partial charge in [-0.25, -0.2) is 0 Å². The van der Waals surface area contributed by atoms with Crippen molar-refractivity contribution >= 4 is 0 Å². The van der Waals surface area contributed by atoms with E-state index in [2.05, 4.69) is 0 Å². The minimum atomic E-state index is -1.03. The Balaban J connectivity index is 2.04. The first-order valence-electron chi connectivity index (χ1n) is 9.01. The molecule has 152 valence electrons. The molecule has 0 saturated carbocycles. The van der Waals surface area contributed by atoms with E-state index in [4.69, 9.17) is 18.9 Å². The number of hydrogen-bond donors (Lipinski definition) is 3. The van der Waals surface area contributed by atoms with Crippen LogP contribution in [0, 0.1) is 0 Å². The van der Waals surface area contributed by atoms with Crippen LogP contribution in [0.1, 0.15) is 48.7 Å². The van der Waals surface area contributed by atoms with E-state index in [9.17, 15) is 15.3 Å². The predicted octanol–water partition coefficient (Wildman–Crippen LogP) is 3.07. The van der Waals surface area contributed by atoms with Crippen LogP contribution in [-0.2, 0) is 0 Å². The number of aromatic hydroxyl groups is 1. The van der Waals surface area contributed by atoms with E-state index < -0.39 is 18.3 Å². The molecular formula is C21H26O7. The van der Waals surface area contributed by atoms with Gasteiger partial charge in [-0.15, -0.1) is 0 Å². The summed E-state index contributed by atoms with van der Waals surface area (Å²) in [4.78, 5) is 0. The molecule has 0 saturated heterocycles. The first kappa shape index (κ1) is 20.1. The Morgan fingerprint density at radius 2 is 1.64 bits per heavy atom. The Labute approximate surface area is 164 Å². The van der Waals surface area contributed by atoms with E-state index in [1.165, 1.54) is 28.3 Å². The smallest absolute Gasteiger partial charge is 0.203 e. The zero-order valence-electron chi connectivity index (χ0n) is 16.6. The molecule has 2 aromatic rings. The van der Waals surface area contributed by atoms with Gasteiger partial charge in [-0.05, 0) is 36.8 Å². The maximum atomic E-state index is 10.3. The number of rotatable bonds is 6. The van der Waals surface area contributed by atoms with Crippen molar-refractivity contribution in [1.29, 1.82) is 0 Å². The van der Waals surface area contributed by atoms with Gasteiger partial charge >= 0.3 is 0 Å². The van der Waals surface area contributed by atoms with Crippen molar-refractivity contribution in [2.75, 3.05) is 21.3 Å². The Kier molecular flexibility index (Phi) is 5.58. The SMILES string of the molecule is COc1cc([C@H]2Oc3c(OC)cc([C@@H](O)[C@H](C)O)cc3[C@@H]2C)cc(O)c1OC. The van der Waals surface area contributed by atoms with Crippen LogP contribution in [0.25, 0.3) is 0 Å². The normalized spacial score (nSPS) is 20.1. The van der Waals surface area contributed by atoms with Gasteiger partial charge < -0.3 is 34.3 Å². The number of methoxy groups -OCH3 is 3. The Morgan fingerprint density at radius 1 is 0.964 bits per heavy atom. The number of aliphatic hydroxyl groups excluding tert-OH is 2. The molecule has 0 aliphatic carbocycles. The lowest BCUT2D eigenvalue weighted by Gasteiger charge is -2.19. The lowest BCUT2D eigenvalue weighted by atomic mass is 9.90. The highest BCUT2D eigenvalue weighted by Crippen LogP contribution is 2.52. The summed E-state index contributed by atoms with van der Waals surface area (Å²) in [6, 6.07) is 6.84. The van der Waals surface area contributed by atoms with Gasteiger partial charge in [-0.3, -0.25) is 0 Å². The van der Waals surface area contributed by atoms with Crippen LogP contribution in [0.15, 0.2) is 24.3 Å². The summed E-state index contributed by atoms with van der Waals surface area (Å²) >= 11 is 0. The molecular weight excluding hydrogens is 364 g/mol. The summed E-state index contributed by atoms with van der Waals surface area (Å²) in [6.45, 7) is 3.52. The number of aliphatic hydroxyl groups is 2. The van der Waals surface area contributed by atoms with E-state index in [0.717, 1.165) is 11.1 Å². The summed E-state index contributed by atoms with van der Waals surface area (Å²) in [5, 5.41) is 30.3. The summed E-state index contributed by atoms with van der Waals surface area (Å²) in [6.07, 6.45) is -2.34. The third-order valence-electron chi connectivity index (χ3n) is 5.12. The Morgan fingerprint density at radius 3 is 2.21 bits per heavy atom. The van der Waals surface area contributed by atoms with Crippen molar-refractivity contribution < 1.29 is 34.3 Å². The highest BCUT2D eigenvalue weighted by molar-refractivity contribution is 5.58. The van der Waals surface area contributed by atoms with Gasteiger partial charge in [0, 0.05) is 17.0 Å². The van der Waals surface area contributed by atoms with Crippen LogP contribution >= 0.6 is 0 Å². The fourth-order valence-corrected chi connectivity index (χ4v) is 3.59. The average molecular weight is 390 g/mol. The lowest BCUT2D eigenvalue weighted by molar-refractivity contribution is 0.0304. The quantitative estimate of drug-likeness (QED) is 0.697. The molecule has 28 heavy (non-hydrogen) atoms. The highest BCUT2D eigenvalue weighted by Gasteiger charge is 2.36. The molecule has 0 radical (unpaired) electrons. The second kappa shape index (κ2) is 7.77. The number of benzene rings is 2. The van der Waals surface area contributed by atoms with Crippen LogP contribution in [0.3, 0.4) is 0 Å². The van der Waals surface area contributed by atoms with Crippen molar-refractivity contribution in [3.8, 4) is 28.7 Å². The Bertz CT molecular complexity index is 862. The van der Waals surface area contributed by atoms with Crippen molar-refractivity contribution in [3.05, 3.63) is 41.0 Å². The summed E-state index contributed by atoms with van der Waals surface area (Å²) in [5.41, 5.74) is 2.13. The molecule has 0 amide bonds. The van der Waals surface area contributed by atoms with Gasteiger partial charge in [0.2, 0.25) is 5.75 Å². The monoisotopic (exact) mass is 390 g/mol. The molecule has 1 aliphatic heterocycles. The third-order valence-corrected chi connectivity index (χ3v) is 5.12. The molecule has 7 nitrogen and oxygen atoms in total. The topological polar surface area (TPSA) is 97.6 Å². The number of fused-ring (bicyclic) bond motifs is 1. The van der Waals surface area contributed by atoms with Crippen LogP contribution in [0.5, 0.6) is 28.7 Å². The summed E-state index contributed by atoms with van der Waals surface area (Å²) < 4.78 is 22.1. The zero-order chi connectivity index (χ0) is 20.6. The molecule has 1 aliphatic rings. The number of ether oxygens (including phenoxy) is 4. The average Bonchev–Trinajstić information content (AvgIpc) is 3.02. The summed E-state index contributed by atoms with van der Waals surface area (Å²) in [7, 11) is 4.49. The second-order valence-electron chi connectivity index (χ2n) is 6.93. The molecule has 4 atom stereocenters. The molecule has 0 aromatic heterocycles. The van der Waals surface area contributed by atoms with Crippen LogP contribution < -0.4 is 18.9 Å². The fraction of sp³-hybridized carbons (Fsp3) is 0.429. The van der Waals surface area contributed by atoms with Gasteiger partial charge in [0.15, 0.2) is 23.0 Å². The van der Waals surface area contributed by atoms with Crippen molar-refractivity contribution in [2.45, 2.75) is 38.1 Å². The van der Waals surface area contributed by atoms with Crippen LogP contribution in [0.4, 0.5) is 0 Å². The number of phenols is 1. The number of hydrogen-bond acceptors (Lipinski definition) is 7. The molecule has 7 heteroatoms. The number of phenolic OH excluding ortho intramolecular Hbond substituents is 1. The molecule has 3 N–H and O–H groups in total. The van der Waals surface area contributed by atoms with E-state index in [1.54, 1.807) is 18.2 Å². The molecule has 1 heterocycles. The molecule has 0 fully saturated rings. The van der Waals surface area contributed by atoms with Gasteiger partial charge in [0.05, 0.1) is 27.4 Å². The minimum absolute atomic E-state index is 0.0409. The van der Waals surface area contributed by atoms with Crippen LogP contribution in [-0.4, -0.2) is 42.8 Å². The summed E-state index contributed by atoms with van der Waals surface area (Å²) in [5.74, 6) is 1.58. The van der Waals surface area contributed by atoms with Gasteiger partial charge in [0.25, 0.3) is 0 Å². The predicted molar refractivity (Wildman–Crippen MR) is 103 cm³/mol. The van der Waals surface area contributed by atoms with E-state index in [-0.39, 0.29) is 17.4 Å². The van der Waals surface area contributed by atoms with Gasteiger partial charge in [-0.1, -0.05) is 6.92 Å². The lowest BCUT2D eigenvalue weighted by Crippen LogP contribution is -2.14. The molecule has 0 unspecified atom stereocenters. The third kappa shape index (κ3) is 3.31. The standard InChI is InChI=1S/C21H26O7/c1-10-14-6-12(18(24)11(2)22)8-16(25-3)20(14)28-19(10)13-7-15(23)21(27-5)17(9-13)26-4/h6-11,18-19,22-24H,1-5H3/t10-,11-,18-,19-/m0/s1. The fourth-order valence-electron chi connectivity index (χ4n) is 3.59. The molecule has 3 rings (SSSR count). The molecule has 2 aromatic carbocycles. The van der Waals surface area contributed by atoms with Gasteiger partial charge in [0.1, 0.15) is 12.2 Å². The minimum Gasteiger partial charge on any atom is -0.504 e. The van der Waals surface area contributed by atoms with Crippen molar-refractivity contribution in [1.82, 2.24) is 0 Å². The van der Waals surface area contributed by atoms with Crippen LogP contribution in [0.2, 0.25) is 0 Å². The maximum absolute atomic E-state index is 10.3. The van der Waals surface area contributed by atoms with E-state index in [0.29, 0.717) is 22.8 Å². The second-order valence-corrected chi connectivity index (χ2v) is 6.93. The zero-order valence-corrected chi connectivity index (χ0v) is 16.6. The van der Waals surface area contributed by atoms with E-state index >= 15 is 0 Å². The van der Waals surface area contributed by atoms with Crippen molar-refractivity contribution in [2.24, 2.45) is 0 Å². The highest BCUT2D eigenvalue weighted by atomic mass is 16.5. The van der Waals surface area contributed by atoms with Crippen molar-refractivity contribution in [3.63, 3.8) is 0 Å². The Hall–Kier alpha value is -2.64. The maximum Gasteiger partial charge on any atom is 0.203 e. The van der Waals surface area contributed by atoms with E-state index in [1.807, 2.05) is 13.0 Å². The molecule has 0 bridgehead atoms. The largest absolute Gasteiger partial charge is 0.504 e. The first-order chi connectivity index (χ1) is 13.3. The van der Waals surface area contributed by atoms with Gasteiger partial charge in [-0.2, -0.15) is 0 Å². The first-order valence-corrected chi connectivity index (χ1v) is 9.01. The molecule has 0 spiro atoms.